The molecule has 3 N–H and O–H groups in total. The molecule has 0 aliphatic rings. The highest BCUT2D eigenvalue weighted by Crippen LogP contribution is 2.32. The molecule has 1 aromatic heterocycles. The second-order valence-corrected chi connectivity index (χ2v) is 7.35. The van der Waals surface area contributed by atoms with Gasteiger partial charge in [0.25, 0.3) is 0 Å². The zero-order valence-corrected chi connectivity index (χ0v) is 18.2. The van der Waals surface area contributed by atoms with Gasteiger partial charge in [0.2, 0.25) is 5.88 Å². The monoisotopic (exact) mass is 460 g/mol. The van der Waals surface area contributed by atoms with Crippen LogP contribution in [0.1, 0.15) is 11.1 Å². The van der Waals surface area contributed by atoms with Crippen molar-refractivity contribution >= 4 is 23.2 Å². The Kier molecular flexibility index (Phi) is 7.34. The molecule has 1 heterocycles. The van der Waals surface area contributed by atoms with Gasteiger partial charge in [-0.15, -0.1) is 0 Å². The van der Waals surface area contributed by atoms with E-state index >= 15 is 0 Å². The van der Waals surface area contributed by atoms with E-state index in [1.807, 2.05) is 0 Å². The number of halogens is 3. The van der Waals surface area contributed by atoms with E-state index in [0.29, 0.717) is 35.2 Å². The van der Waals surface area contributed by atoms with E-state index in [2.05, 4.69) is 25.9 Å². The summed E-state index contributed by atoms with van der Waals surface area (Å²) in [6.45, 7) is 0.295. The van der Waals surface area contributed by atoms with Crippen LogP contribution < -0.4 is 20.7 Å². The van der Waals surface area contributed by atoms with Gasteiger partial charge in [-0.2, -0.15) is 13.2 Å². The molecule has 0 bridgehead atoms. The SMILES string of the molecule is CNc1cc(Oc2ccc(NC(=O)Nc3cc(CN(C)C)cc(C(F)(F)F)c3)cc2)ncn1. The van der Waals surface area contributed by atoms with Gasteiger partial charge in [-0.1, -0.05) is 0 Å². The quantitative estimate of drug-likeness (QED) is 0.458. The third kappa shape index (κ3) is 7.07. The summed E-state index contributed by atoms with van der Waals surface area (Å²) in [5.74, 6) is 1.41. The zero-order valence-electron chi connectivity index (χ0n) is 18.2. The number of hydrogen-bond acceptors (Lipinski definition) is 6. The van der Waals surface area contributed by atoms with Crippen LogP contribution in [0.2, 0.25) is 0 Å². The smallest absolute Gasteiger partial charge is 0.416 e. The van der Waals surface area contributed by atoms with Crippen molar-refractivity contribution in [2.24, 2.45) is 0 Å². The zero-order chi connectivity index (χ0) is 24.0. The number of urea groups is 1. The number of hydrogen-bond donors (Lipinski definition) is 3. The Morgan fingerprint density at radius 1 is 1.00 bits per heavy atom. The molecule has 3 aromatic rings. The van der Waals surface area contributed by atoms with Gasteiger partial charge < -0.3 is 25.6 Å². The number of anilines is 3. The maximum absolute atomic E-state index is 13.2. The molecule has 0 fully saturated rings. The van der Waals surface area contributed by atoms with Crippen molar-refractivity contribution in [3.05, 3.63) is 66.0 Å². The van der Waals surface area contributed by atoms with E-state index in [1.165, 1.54) is 12.4 Å². The van der Waals surface area contributed by atoms with Crippen molar-refractivity contribution in [2.75, 3.05) is 37.1 Å². The standard InChI is InChI=1S/C22H23F3N6O2/c1-26-19-11-20(28-13-27-19)33-18-6-4-16(5-7-18)29-21(32)30-17-9-14(12-31(2)3)8-15(10-17)22(23,24)25/h4-11,13H,12H2,1-3H3,(H,26,27,28)(H2,29,30,32). The fraction of sp³-hybridized carbons (Fsp3) is 0.227. The molecule has 3 rings (SSSR count). The Bertz CT molecular complexity index is 1100. The molecule has 0 saturated heterocycles. The second-order valence-electron chi connectivity index (χ2n) is 7.35. The van der Waals surface area contributed by atoms with Gasteiger partial charge in [-0.05, 0) is 62.1 Å². The van der Waals surface area contributed by atoms with Crippen molar-refractivity contribution < 1.29 is 22.7 Å². The van der Waals surface area contributed by atoms with Gasteiger partial charge >= 0.3 is 12.2 Å². The summed E-state index contributed by atoms with van der Waals surface area (Å²) in [7, 11) is 5.22. The first-order valence-corrected chi connectivity index (χ1v) is 9.84. The summed E-state index contributed by atoms with van der Waals surface area (Å²) in [5.41, 5.74) is 0.0738. The first-order valence-electron chi connectivity index (χ1n) is 9.84. The van der Waals surface area contributed by atoms with Crippen molar-refractivity contribution in [1.29, 1.82) is 0 Å². The van der Waals surface area contributed by atoms with Crippen LogP contribution in [0.4, 0.5) is 35.2 Å². The lowest BCUT2D eigenvalue weighted by atomic mass is 10.1. The highest BCUT2D eigenvalue weighted by Gasteiger charge is 2.31. The van der Waals surface area contributed by atoms with E-state index in [4.69, 9.17) is 4.74 Å². The third-order valence-electron chi connectivity index (χ3n) is 4.31. The van der Waals surface area contributed by atoms with Gasteiger partial charge in [0.1, 0.15) is 17.9 Å². The van der Waals surface area contributed by atoms with E-state index in [9.17, 15) is 18.0 Å². The van der Waals surface area contributed by atoms with Crippen LogP contribution in [0.3, 0.4) is 0 Å². The van der Waals surface area contributed by atoms with Crippen molar-refractivity contribution in [2.45, 2.75) is 12.7 Å². The number of nitrogens with zero attached hydrogens (tertiary/aromatic N) is 3. The lowest BCUT2D eigenvalue weighted by Gasteiger charge is -2.16. The van der Waals surface area contributed by atoms with Crippen molar-refractivity contribution in [1.82, 2.24) is 14.9 Å². The maximum atomic E-state index is 13.2. The molecule has 0 unspecified atom stereocenters. The highest BCUT2D eigenvalue weighted by molar-refractivity contribution is 5.99. The number of ether oxygens (including phenoxy) is 1. The van der Waals surface area contributed by atoms with Crippen LogP contribution in [0.25, 0.3) is 0 Å². The van der Waals surface area contributed by atoms with E-state index < -0.39 is 17.8 Å². The third-order valence-corrected chi connectivity index (χ3v) is 4.31. The first-order chi connectivity index (χ1) is 15.6. The van der Waals surface area contributed by atoms with Crippen LogP contribution in [0.5, 0.6) is 11.6 Å². The lowest BCUT2D eigenvalue weighted by Crippen LogP contribution is -2.20. The minimum atomic E-state index is -4.53. The molecule has 0 atom stereocenters. The topological polar surface area (TPSA) is 91.4 Å². The predicted octanol–water partition coefficient (Wildman–Crippen LogP) is 5.04. The minimum Gasteiger partial charge on any atom is -0.439 e. The molecular weight excluding hydrogens is 437 g/mol. The molecular formula is C22H23F3N6O2. The average Bonchev–Trinajstić information content (AvgIpc) is 2.74. The summed E-state index contributed by atoms with van der Waals surface area (Å²) in [4.78, 5) is 22.1. The number of nitrogens with one attached hydrogen (secondary N) is 3. The molecule has 0 radical (unpaired) electrons. The Hall–Kier alpha value is -3.86. The highest BCUT2D eigenvalue weighted by atomic mass is 19.4. The van der Waals surface area contributed by atoms with Crippen LogP contribution in [0.15, 0.2) is 54.9 Å². The number of aromatic nitrogens is 2. The van der Waals surface area contributed by atoms with Crippen LogP contribution in [0, 0.1) is 0 Å². The maximum Gasteiger partial charge on any atom is 0.416 e. The van der Waals surface area contributed by atoms with Gasteiger partial charge in [-0.25, -0.2) is 14.8 Å². The number of benzene rings is 2. The molecule has 33 heavy (non-hydrogen) atoms. The molecule has 174 valence electrons. The molecule has 2 aromatic carbocycles. The normalized spacial score (nSPS) is 11.2. The van der Waals surface area contributed by atoms with E-state index in [0.717, 1.165) is 12.1 Å². The molecule has 8 nitrogen and oxygen atoms in total. The average molecular weight is 460 g/mol. The van der Waals surface area contributed by atoms with Crippen LogP contribution >= 0.6 is 0 Å². The minimum absolute atomic E-state index is 0.0447. The molecule has 0 aliphatic carbocycles. The largest absolute Gasteiger partial charge is 0.439 e. The second kappa shape index (κ2) is 10.2. The molecule has 11 heteroatoms. The molecule has 0 aliphatic heterocycles. The Morgan fingerprint density at radius 2 is 1.70 bits per heavy atom. The van der Waals surface area contributed by atoms with Gasteiger partial charge in [0, 0.05) is 31.0 Å². The Morgan fingerprint density at radius 3 is 2.33 bits per heavy atom. The predicted molar refractivity (Wildman–Crippen MR) is 120 cm³/mol. The fourth-order valence-electron chi connectivity index (χ4n) is 2.94. The summed E-state index contributed by atoms with van der Waals surface area (Å²) < 4.78 is 45.4. The first kappa shape index (κ1) is 23.8. The Balaban J connectivity index is 1.66. The van der Waals surface area contributed by atoms with Gasteiger partial charge in [0.15, 0.2) is 0 Å². The number of carbonyl (C=O) groups is 1. The number of rotatable bonds is 7. The van der Waals surface area contributed by atoms with E-state index in [1.54, 1.807) is 56.4 Å². The van der Waals surface area contributed by atoms with Crippen LogP contribution in [-0.4, -0.2) is 42.0 Å². The van der Waals surface area contributed by atoms with Crippen molar-refractivity contribution in [3.63, 3.8) is 0 Å². The summed E-state index contributed by atoms with van der Waals surface area (Å²) in [6.07, 6.45) is -3.16. The van der Waals surface area contributed by atoms with Crippen LogP contribution in [-0.2, 0) is 12.7 Å². The number of alkyl halides is 3. The van der Waals surface area contributed by atoms with E-state index in [-0.39, 0.29) is 5.69 Å². The molecule has 0 spiro atoms. The Labute approximate surface area is 188 Å². The molecule has 2 amide bonds. The van der Waals surface area contributed by atoms with Crippen molar-refractivity contribution in [3.8, 4) is 11.6 Å². The fourth-order valence-corrected chi connectivity index (χ4v) is 2.94. The summed E-state index contributed by atoms with van der Waals surface area (Å²) >= 11 is 0. The number of carbonyl (C=O) groups excluding carboxylic acids is 1. The molecule has 0 saturated carbocycles. The lowest BCUT2D eigenvalue weighted by molar-refractivity contribution is -0.137. The van der Waals surface area contributed by atoms with Gasteiger partial charge in [-0.3, -0.25) is 0 Å². The van der Waals surface area contributed by atoms with Gasteiger partial charge in [0.05, 0.1) is 5.56 Å². The summed E-state index contributed by atoms with van der Waals surface area (Å²) in [5, 5.41) is 7.92. The summed E-state index contributed by atoms with van der Waals surface area (Å²) in [6, 6.07) is 10.9. The number of amides is 2.